The van der Waals surface area contributed by atoms with Gasteiger partial charge in [0, 0.05) is 63.9 Å². The number of anilines is 1. The van der Waals surface area contributed by atoms with E-state index in [1.807, 2.05) is 30.6 Å². The highest BCUT2D eigenvalue weighted by atomic mass is 127. The summed E-state index contributed by atoms with van der Waals surface area (Å²) in [6.07, 6.45) is 4.46. The van der Waals surface area contributed by atoms with E-state index in [0.717, 1.165) is 51.0 Å². The van der Waals surface area contributed by atoms with E-state index in [2.05, 4.69) is 59.6 Å². The van der Waals surface area contributed by atoms with Crippen LogP contribution in [0, 0.1) is 5.92 Å². The first-order chi connectivity index (χ1) is 14.3. The van der Waals surface area contributed by atoms with E-state index in [1.54, 1.807) is 0 Å². The molecule has 2 saturated heterocycles. The average Bonchev–Trinajstić information content (AvgIpc) is 3.29. The predicted molar refractivity (Wildman–Crippen MR) is 137 cm³/mol. The van der Waals surface area contributed by atoms with Gasteiger partial charge in [-0.2, -0.15) is 0 Å². The van der Waals surface area contributed by atoms with Gasteiger partial charge in [-0.3, -0.25) is 9.89 Å². The van der Waals surface area contributed by atoms with Crippen molar-refractivity contribution in [1.29, 1.82) is 0 Å². The van der Waals surface area contributed by atoms with Gasteiger partial charge in [0.05, 0.1) is 0 Å². The zero-order chi connectivity index (χ0) is 19.9. The molecule has 6 nitrogen and oxygen atoms in total. The summed E-state index contributed by atoms with van der Waals surface area (Å²) < 4.78 is 0. The van der Waals surface area contributed by atoms with Crippen LogP contribution in [0.1, 0.15) is 17.7 Å². The fraction of sp³-hybridized carbons (Fsp3) is 0.545. The Balaban J connectivity index is 0.00000256. The molecular formula is C22H33IN6S. The summed E-state index contributed by atoms with van der Waals surface area (Å²) in [7, 11) is 1.90. The lowest BCUT2D eigenvalue weighted by Gasteiger charge is -2.38. The Hall–Kier alpha value is -1.39. The van der Waals surface area contributed by atoms with Gasteiger partial charge in [0.25, 0.3) is 0 Å². The standard InChI is InChI=1S/C22H32N6S.HI/c1-23-22(28-13-11-27(12-14-28)21-8-2-3-9-24-21)25-16-19-6-4-10-26(17-19)18-20-7-5-15-29-20;/h2-3,5,7-9,15,19H,4,6,10-14,16-18H2,1H3,(H,23,25);1H. The van der Waals surface area contributed by atoms with Gasteiger partial charge in [0.2, 0.25) is 0 Å². The van der Waals surface area contributed by atoms with Crippen molar-refractivity contribution in [2.45, 2.75) is 19.4 Å². The lowest BCUT2D eigenvalue weighted by molar-refractivity contribution is 0.169. The van der Waals surface area contributed by atoms with E-state index >= 15 is 0 Å². The number of nitrogens with one attached hydrogen (secondary N) is 1. The molecule has 8 heteroatoms. The number of piperidine rings is 1. The second-order valence-electron chi connectivity index (χ2n) is 7.91. The Morgan fingerprint density at radius 2 is 2.03 bits per heavy atom. The van der Waals surface area contributed by atoms with Crippen molar-refractivity contribution in [2.75, 3.05) is 57.8 Å². The van der Waals surface area contributed by atoms with Crippen LogP contribution in [-0.2, 0) is 6.54 Å². The molecule has 2 aromatic heterocycles. The van der Waals surface area contributed by atoms with Crippen LogP contribution in [0.15, 0.2) is 46.9 Å². The van der Waals surface area contributed by atoms with E-state index in [4.69, 9.17) is 0 Å². The molecule has 0 saturated carbocycles. The minimum Gasteiger partial charge on any atom is -0.356 e. The fourth-order valence-electron chi connectivity index (χ4n) is 4.34. The number of aromatic nitrogens is 1. The molecule has 4 heterocycles. The summed E-state index contributed by atoms with van der Waals surface area (Å²) in [6, 6.07) is 10.5. The normalized spacial score (nSPS) is 20.7. The van der Waals surface area contributed by atoms with Crippen LogP contribution in [0.25, 0.3) is 0 Å². The highest BCUT2D eigenvalue weighted by Gasteiger charge is 2.23. The van der Waals surface area contributed by atoms with E-state index in [1.165, 1.54) is 30.8 Å². The molecule has 1 atom stereocenters. The quantitative estimate of drug-likeness (QED) is 0.358. The summed E-state index contributed by atoms with van der Waals surface area (Å²) in [5, 5.41) is 5.84. The minimum absolute atomic E-state index is 0. The topological polar surface area (TPSA) is 47.0 Å². The van der Waals surface area contributed by atoms with Crippen molar-refractivity contribution in [3.8, 4) is 0 Å². The SMILES string of the molecule is CN=C(NCC1CCCN(Cc2cccs2)C1)N1CCN(c2ccccn2)CC1.I. The molecule has 1 unspecified atom stereocenters. The maximum Gasteiger partial charge on any atom is 0.193 e. The van der Waals surface area contributed by atoms with E-state index in [0.29, 0.717) is 5.92 Å². The minimum atomic E-state index is 0. The molecule has 2 aliphatic rings. The Bertz CT molecular complexity index is 761. The van der Waals surface area contributed by atoms with Crippen molar-refractivity contribution >= 4 is 47.1 Å². The number of guanidine groups is 1. The first-order valence-electron chi connectivity index (χ1n) is 10.7. The molecular weight excluding hydrogens is 507 g/mol. The molecule has 2 aliphatic heterocycles. The van der Waals surface area contributed by atoms with E-state index in [-0.39, 0.29) is 24.0 Å². The third kappa shape index (κ3) is 6.31. The molecule has 0 aliphatic carbocycles. The monoisotopic (exact) mass is 540 g/mol. The van der Waals surface area contributed by atoms with Gasteiger partial charge in [0.1, 0.15) is 5.82 Å². The molecule has 2 aromatic rings. The summed E-state index contributed by atoms with van der Waals surface area (Å²) in [5.41, 5.74) is 0. The highest BCUT2D eigenvalue weighted by Crippen LogP contribution is 2.20. The molecule has 0 amide bonds. The Morgan fingerprint density at radius 1 is 1.17 bits per heavy atom. The Labute approximate surface area is 201 Å². The van der Waals surface area contributed by atoms with E-state index < -0.39 is 0 Å². The number of hydrogen-bond acceptors (Lipinski definition) is 5. The maximum absolute atomic E-state index is 4.56. The number of nitrogens with zero attached hydrogens (tertiary/aromatic N) is 5. The van der Waals surface area contributed by atoms with Gasteiger partial charge >= 0.3 is 0 Å². The van der Waals surface area contributed by atoms with Gasteiger partial charge in [-0.1, -0.05) is 12.1 Å². The molecule has 2 fully saturated rings. The summed E-state index contributed by atoms with van der Waals surface area (Å²) in [4.78, 5) is 17.9. The van der Waals surface area contributed by atoms with Crippen LogP contribution in [0.5, 0.6) is 0 Å². The fourth-order valence-corrected chi connectivity index (χ4v) is 5.09. The zero-order valence-corrected chi connectivity index (χ0v) is 20.9. The average molecular weight is 541 g/mol. The number of likely N-dealkylation sites (tertiary alicyclic amines) is 1. The summed E-state index contributed by atoms with van der Waals surface area (Å²) in [5.74, 6) is 2.81. The summed E-state index contributed by atoms with van der Waals surface area (Å²) >= 11 is 1.87. The number of piperazine rings is 1. The molecule has 164 valence electrons. The molecule has 1 N–H and O–H groups in total. The molecule has 0 spiro atoms. The molecule has 30 heavy (non-hydrogen) atoms. The number of thiophene rings is 1. The second kappa shape index (κ2) is 11.9. The van der Waals surface area contributed by atoms with Crippen molar-refractivity contribution < 1.29 is 0 Å². The Kier molecular flexibility index (Phi) is 9.20. The third-order valence-electron chi connectivity index (χ3n) is 5.88. The largest absolute Gasteiger partial charge is 0.356 e. The number of aliphatic imine (C=N–C) groups is 1. The van der Waals surface area contributed by atoms with Crippen LogP contribution < -0.4 is 10.2 Å². The number of rotatable bonds is 5. The molecule has 0 aromatic carbocycles. The van der Waals surface area contributed by atoms with Crippen LogP contribution in [0.2, 0.25) is 0 Å². The summed E-state index contributed by atoms with van der Waals surface area (Å²) in [6.45, 7) is 8.42. The number of pyridine rings is 1. The zero-order valence-electron chi connectivity index (χ0n) is 17.7. The van der Waals surface area contributed by atoms with Crippen molar-refractivity contribution in [3.05, 3.63) is 46.8 Å². The van der Waals surface area contributed by atoms with Crippen LogP contribution in [0.3, 0.4) is 0 Å². The molecule has 0 radical (unpaired) electrons. The maximum atomic E-state index is 4.56. The third-order valence-corrected chi connectivity index (χ3v) is 6.74. The van der Waals surface area contributed by atoms with E-state index in [9.17, 15) is 0 Å². The molecule has 4 rings (SSSR count). The van der Waals surface area contributed by atoms with Gasteiger partial charge in [-0.25, -0.2) is 4.98 Å². The molecule has 0 bridgehead atoms. The van der Waals surface area contributed by atoms with Gasteiger partial charge in [0.15, 0.2) is 5.96 Å². The highest BCUT2D eigenvalue weighted by molar-refractivity contribution is 14.0. The van der Waals surface area contributed by atoms with Gasteiger partial charge < -0.3 is 15.1 Å². The first kappa shape index (κ1) is 23.3. The van der Waals surface area contributed by atoms with Crippen LogP contribution in [-0.4, -0.2) is 73.6 Å². The predicted octanol–water partition coefficient (Wildman–Crippen LogP) is 3.37. The number of halogens is 1. The lowest BCUT2D eigenvalue weighted by Crippen LogP contribution is -2.53. The van der Waals surface area contributed by atoms with Crippen molar-refractivity contribution in [2.24, 2.45) is 10.9 Å². The van der Waals surface area contributed by atoms with Crippen LogP contribution >= 0.6 is 35.3 Å². The smallest absolute Gasteiger partial charge is 0.193 e. The van der Waals surface area contributed by atoms with Crippen molar-refractivity contribution in [1.82, 2.24) is 20.1 Å². The van der Waals surface area contributed by atoms with Gasteiger partial charge in [-0.05, 0) is 48.9 Å². The Morgan fingerprint density at radius 3 is 2.73 bits per heavy atom. The lowest BCUT2D eigenvalue weighted by atomic mass is 9.98. The first-order valence-corrected chi connectivity index (χ1v) is 11.6. The van der Waals surface area contributed by atoms with Crippen molar-refractivity contribution in [3.63, 3.8) is 0 Å². The van der Waals surface area contributed by atoms with Crippen LogP contribution in [0.4, 0.5) is 5.82 Å². The van der Waals surface area contributed by atoms with Gasteiger partial charge in [-0.15, -0.1) is 35.3 Å². The second-order valence-corrected chi connectivity index (χ2v) is 8.95. The number of hydrogen-bond donors (Lipinski definition) is 1.